The fourth-order valence-corrected chi connectivity index (χ4v) is 4.41. The van der Waals surface area contributed by atoms with Crippen molar-refractivity contribution in [2.75, 3.05) is 19.0 Å². The number of hydrogen-bond acceptors (Lipinski definition) is 4. The van der Waals surface area contributed by atoms with Crippen molar-refractivity contribution >= 4 is 43.5 Å². The van der Waals surface area contributed by atoms with Gasteiger partial charge in [0.05, 0.1) is 19.7 Å². The summed E-state index contributed by atoms with van der Waals surface area (Å²) in [5.74, 6) is -0.270. The highest BCUT2D eigenvalue weighted by molar-refractivity contribution is 9.10. The van der Waals surface area contributed by atoms with E-state index < -0.39 is 0 Å². The van der Waals surface area contributed by atoms with Gasteiger partial charge in [0.25, 0.3) is 0 Å². The Kier molecular flexibility index (Phi) is 6.04. The van der Waals surface area contributed by atoms with Crippen LogP contribution in [0, 0.1) is 0 Å². The van der Waals surface area contributed by atoms with Gasteiger partial charge in [0.2, 0.25) is 0 Å². The monoisotopic (exact) mass is 514 g/mol. The SMILES string of the molecule is COC(=O)CN1[C@@H](c2ccccc2)c2cc(Br)ccc2N[C@@H]1c1ccc(Br)cc1. The number of rotatable bonds is 4. The predicted molar refractivity (Wildman–Crippen MR) is 122 cm³/mol. The lowest BCUT2D eigenvalue weighted by atomic mass is 9.91. The molecule has 0 fully saturated rings. The van der Waals surface area contributed by atoms with Gasteiger partial charge in [0, 0.05) is 14.6 Å². The van der Waals surface area contributed by atoms with Gasteiger partial charge in [-0.25, -0.2) is 0 Å². The summed E-state index contributed by atoms with van der Waals surface area (Å²) in [5.41, 5.74) is 4.37. The predicted octanol–water partition coefficient (Wildman–Crippen LogP) is 5.90. The van der Waals surface area contributed by atoms with Gasteiger partial charge in [-0.3, -0.25) is 9.69 Å². The first-order chi connectivity index (χ1) is 14.1. The van der Waals surface area contributed by atoms with Gasteiger partial charge < -0.3 is 10.1 Å². The molecule has 4 rings (SSSR count). The van der Waals surface area contributed by atoms with E-state index in [2.05, 4.69) is 78.5 Å². The summed E-state index contributed by atoms with van der Waals surface area (Å²) in [4.78, 5) is 14.5. The second-order valence-electron chi connectivity index (χ2n) is 6.89. The molecule has 1 heterocycles. The van der Waals surface area contributed by atoms with Gasteiger partial charge in [-0.05, 0) is 47.0 Å². The molecule has 0 radical (unpaired) electrons. The molecule has 6 heteroatoms. The minimum atomic E-state index is -0.270. The molecule has 0 aliphatic carbocycles. The first-order valence-corrected chi connectivity index (χ1v) is 10.8. The maximum atomic E-state index is 12.4. The quantitative estimate of drug-likeness (QED) is 0.439. The van der Waals surface area contributed by atoms with E-state index in [0.717, 1.165) is 31.3 Å². The molecule has 1 N–H and O–H groups in total. The molecule has 1 aliphatic rings. The van der Waals surface area contributed by atoms with E-state index >= 15 is 0 Å². The minimum absolute atomic E-state index is 0.0994. The molecule has 0 amide bonds. The summed E-state index contributed by atoms with van der Waals surface area (Å²) in [6, 6.07) is 24.6. The Morgan fingerprint density at radius 2 is 1.66 bits per heavy atom. The molecule has 0 aromatic heterocycles. The lowest BCUT2D eigenvalue weighted by Crippen LogP contribution is -2.44. The highest BCUT2D eigenvalue weighted by atomic mass is 79.9. The first kappa shape index (κ1) is 20.1. The van der Waals surface area contributed by atoms with Crippen LogP contribution < -0.4 is 5.32 Å². The van der Waals surface area contributed by atoms with Crippen molar-refractivity contribution in [3.8, 4) is 0 Å². The number of hydrogen-bond donors (Lipinski definition) is 1. The first-order valence-electron chi connectivity index (χ1n) is 9.26. The van der Waals surface area contributed by atoms with Crippen LogP contribution >= 0.6 is 31.9 Å². The largest absolute Gasteiger partial charge is 0.468 e. The van der Waals surface area contributed by atoms with Gasteiger partial charge in [-0.1, -0.05) is 74.3 Å². The van der Waals surface area contributed by atoms with Crippen LogP contribution in [-0.4, -0.2) is 24.5 Å². The van der Waals surface area contributed by atoms with Gasteiger partial charge in [-0.15, -0.1) is 0 Å². The van der Waals surface area contributed by atoms with Crippen molar-refractivity contribution in [1.29, 1.82) is 0 Å². The second-order valence-corrected chi connectivity index (χ2v) is 8.72. The molecule has 4 nitrogen and oxygen atoms in total. The van der Waals surface area contributed by atoms with Crippen LogP contribution in [0.15, 0.2) is 81.7 Å². The molecule has 0 saturated carbocycles. The summed E-state index contributed by atoms with van der Waals surface area (Å²) in [7, 11) is 1.43. The van der Waals surface area contributed by atoms with Crippen molar-refractivity contribution in [3.05, 3.63) is 98.4 Å². The molecule has 1 aliphatic heterocycles. The number of ether oxygens (including phenoxy) is 1. The van der Waals surface area contributed by atoms with Crippen LogP contribution in [-0.2, 0) is 9.53 Å². The Bertz CT molecular complexity index is 1010. The normalized spacial score (nSPS) is 18.6. The molecule has 0 spiro atoms. The standard InChI is InChI=1S/C23H20Br2N2O2/c1-29-21(28)14-27-22(15-5-3-2-4-6-15)19-13-18(25)11-12-20(19)26-23(27)16-7-9-17(24)10-8-16/h2-13,22-23,26H,14H2,1H3/t22-,23-/m0/s1. The lowest BCUT2D eigenvalue weighted by Gasteiger charge is -2.44. The number of nitrogens with zero attached hydrogens (tertiary/aromatic N) is 1. The summed E-state index contributed by atoms with van der Waals surface area (Å²) in [6.07, 6.45) is -0.180. The van der Waals surface area contributed by atoms with E-state index in [1.807, 2.05) is 36.4 Å². The lowest BCUT2D eigenvalue weighted by molar-refractivity contribution is -0.143. The molecule has 3 aromatic carbocycles. The summed E-state index contributed by atoms with van der Waals surface area (Å²) in [5, 5.41) is 3.62. The van der Waals surface area contributed by atoms with Gasteiger partial charge in [-0.2, -0.15) is 0 Å². The maximum Gasteiger partial charge on any atom is 0.319 e. The van der Waals surface area contributed by atoms with Crippen LogP contribution in [0.25, 0.3) is 0 Å². The summed E-state index contributed by atoms with van der Waals surface area (Å²) < 4.78 is 7.04. The van der Waals surface area contributed by atoms with E-state index in [1.54, 1.807) is 0 Å². The average molecular weight is 516 g/mol. The molecular weight excluding hydrogens is 496 g/mol. The van der Waals surface area contributed by atoms with Gasteiger partial charge >= 0.3 is 5.97 Å². The minimum Gasteiger partial charge on any atom is -0.468 e. The van der Waals surface area contributed by atoms with Crippen LogP contribution in [0.2, 0.25) is 0 Å². The number of esters is 1. The number of nitrogens with one attached hydrogen (secondary N) is 1. The van der Waals surface area contributed by atoms with E-state index in [0.29, 0.717) is 0 Å². The Labute approximate surface area is 187 Å². The zero-order valence-electron chi connectivity index (χ0n) is 15.8. The van der Waals surface area contributed by atoms with Crippen molar-refractivity contribution in [2.45, 2.75) is 12.2 Å². The number of carbonyl (C=O) groups is 1. The van der Waals surface area contributed by atoms with E-state index in [9.17, 15) is 4.79 Å². The molecule has 0 saturated heterocycles. The van der Waals surface area contributed by atoms with Crippen LogP contribution in [0.3, 0.4) is 0 Å². The number of anilines is 1. The van der Waals surface area contributed by atoms with E-state index in [-0.39, 0.29) is 24.7 Å². The van der Waals surface area contributed by atoms with Crippen LogP contribution in [0.5, 0.6) is 0 Å². The molecular formula is C23H20Br2N2O2. The van der Waals surface area contributed by atoms with E-state index in [1.165, 1.54) is 7.11 Å². The van der Waals surface area contributed by atoms with E-state index in [4.69, 9.17) is 4.74 Å². The molecule has 0 unspecified atom stereocenters. The average Bonchev–Trinajstić information content (AvgIpc) is 2.74. The molecule has 29 heavy (non-hydrogen) atoms. The number of carbonyl (C=O) groups excluding carboxylic acids is 1. The van der Waals surface area contributed by atoms with Crippen molar-refractivity contribution in [1.82, 2.24) is 4.90 Å². The molecule has 3 aromatic rings. The fourth-order valence-electron chi connectivity index (χ4n) is 3.77. The maximum absolute atomic E-state index is 12.4. The van der Waals surface area contributed by atoms with Crippen molar-refractivity contribution < 1.29 is 9.53 Å². The molecule has 148 valence electrons. The topological polar surface area (TPSA) is 41.6 Å². The van der Waals surface area contributed by atoms with Crippen molar-refractivity contribution in [2.24, 2.45) is 0 Å². The van der Waals surface area contributed by atoms with Gasteiger partial charge in [0.1, 0.15) is 6.17 Å². The highest BCUT2D eigenvalue weighted by Crippen LogP contribution is 2.44. The Morgan fingerprint density at radius 1 is 0.966 bits per heavy atom. The Hall–Kier alpha value is -2.15. The number of methoxy groups -OCH3 is 1. The number of fused-ring (bicyclic) bond motifs is 1. The fraction of sp³-hybridized carbons (Fsp3) is 0.174. The van der Waals surface area contributed by atoms with Crippen LogP contribution in [0.4, 0.5) is 5.69 Å². The smallest absolute Gasteiger partial charge is 0.319 e. The number of benzene rings is 3. The molecule has 0 bridgehead atoms. The highest BCUT2D eigenvalue weighted by Gasteiger charge is 2.37. The Balaban J connectivity index is 1.88. The van der Waals surface area contributed by atoms with Crippen molar-refractivity contribution in [3.63, 3.8) is 0 Å². The second kappa shape index (κ2) is 8.69. The van der Waals surface area contributed by atoms with Crippen LogP contribution in [0.1, 0.15) is 28.9 Å². The Morgan fingerprint density at radius 3 is 2.34 bits per heavy atom. The third-order valence-electron chi connectivity index (χ3n) is 5.10. The molecule has 2 atom stereocenters. The zero-order valence-corrected chi connectivity index (χ0v) is 19.0. The third kappa shape index (κ3) is 4.25. The summed E-state index contributed by atoms with van der Waals surface area (Å²) in [6.45, 7) is 0.162. The summed E-state index contributed by atoms with van der Waals surface area (Å²) >= 11 is 7.10. The number of halogens is 2. The zero-order chi connectivity index (χ0) is 20.4. The third-order valence-corrected chi connectivity index (χ3v) is 6.13. The van der Waals surface area contributed by atoms with Gasteiger partial charge in [0.15, 0.2) is 0 Å².